The molecule has 1 saturated carbocycles. The van der Waals surface area contributed by atoms with E-state index in [4.69, 9.17) is 18.9 Å². The summed E-state index contributed by atoms with van der Waals surface area (Å²) in [6, 6.07) is 5.63. The van der Waals surface area contributed by atoms with Crippen molar-refractivity contribution < 1.29 is 37.0 Å². The number of esters is 2. The van der Waals surface area contributed by atoms with Crippen LogP contribution in [0.1, 0.15) is 65.9 Å². The molecule has 0 amide bonds. The lowest BCUT2D eigenvalue weighted by molar-refractivity contribution is -0.266. The van der Waals surface area contributed by atoms with E-state index in [0.717, 1.165) is 24.8 Å². The minimum Gasteiger partial charge on any atom is -0.463 e. The van der Waals surface area contributed by atoms with E-state index in [-0.39, 0.29) is 24.0 Å². The molecule has 0 unspecified atom stereocenters. The second-order valence-corrected chi connectivity index (χ2v) is 12.5. The molecule has 9 nitrogen and oxygen atoms in total. The first kappa shape index (κ1) is 29.5. The number of sulfonamides is 1. The smallest absolute Gasteiger partial charge is 0.303 e. The van der Waals surface area contributed by atoms with Gasteiger partial charge in [-0.15, -0.1) is 0 Å². The number of carbonyl (C=O) groups is 2. The summed E-state index contributed by atoms with van der Waals surface area (Å²) in [5, 5.41) is 0. The number of hydrogen-bond donors (Lipinski definition) is 1. The Morgan fingerprint density at radius 2 is 1.76 bits per heavy atom. The quantitative estimate of drug-likeness (QED) is 0.472. The first-order chi connectivity index (χ1) is 17.4. The Kier molecular flexibility index (Phi) is 10.1. The monoisotopic (exact) mass is 539 g/mol. The van der Waals surface area contributed by atoms with Gasteiger partial charge < -0.3 is 18.9 Å². The minimum absolute atomic E-state index is 0.0530. The van der Waals surface area contributed by atoms with Crippen LogP contribution in [-0.2, 0) is 38.6 Å². The number of rotatable bonds is 9. The highest BCUT2D eigenvalue weighted by atomic mass is 32.2. The Morgan fingerprint density at radius 3 is 2.35 bits per heavy atom. The highest BCUT2D eigenvalue weighted by Gasteiger charge is 2.45. The summed E-state index contributed by atoms with van der Waals surface area (Å²) in [5.41, 5.74) is 0.930. The third kappa shape index (κ3) is 8.24. The number of ether oxygens (including phenoxy) is 4. The molecule has 1 aromatic rings. The Bertz CT molecular complexity index is 1030. The highest BCUT2D eigenvalue weighted by molar-refractivity contribution is 7.89. The van der Waals surface area contributed by atoms with E-state index in [2.05, 4.69) is 25.5 Å². The van der Waals surface area contributed by atoms with Crippen LogP contribution in [0.3, 0.4) is 0 Å². The van der Waals surface area contributed by atoms with Gasteiger partial charge in [0, 0.05) is 20.3 Å². The fourth-order valence-electron chi connectivity index (χ4n) is 5.27. The lowest BCUT2D eigenvalue weighted by atomic mass is 9.75. The molecule has 37 heavy (non-hydrogen) atoms. The molecule has 208 valence electrons. The van der Waals surface area contributed by atoms with Gasteiger partial charge in [-0.25, -0.2) is 13.1 Å². The third-order valence-electron chi connectivity index (χ3n) is 7.21. The molecule has 0 radical (unpaired) electrons. The summed E-state index contributed by atoms with van der Waals surface area (Å²) >= 11 is 0. The van der Waals surface area contributed by atoms with Crippen LogP contribution in [0.2, 0.25) is 0 Å². The molecule has 1 heterocycles. The molecule has 3 rings (SSSR count). The lowest BCUT2D eigenvalue weighted by Crippen LogP contribution is -2.59. The predicted molar refractivity (Wildman–Crippen MR) is 137 cm³/mol. The summed E-state index contributed by atoms with van der Waals surface area (Å²) in [7, 11) is -3.95. The zero-order valence-corrected chi connectivity index (χ0v) is 23.5. The molecular weight excluding hydrogens is 498 g/mol. The maximum absolute atomic E-state index is 13.3. The van der Waals surface area contributed by atoms with Crippen molar-refractivity contribution in [3.8, 4) is 0 Å². The normalized spacial score (nSPS) is 30.6. The zero-order chi connectivity index (χ0) is 27.3. The molecule has 1 aliphatic heterocycles. The Morgan fingerprint density at radius 1 is 1.08 bits per heavy atom. The van der Waals surface area contributed by atoms with Crippen molar-refractivity contribution in [3.63, 3.8) is 0 Å². The summed E-state index contributed by atoms with van der Waals surface area (Å²) in [4.78, 5) is 23.6. The Labute approximate surface area is 220 Å². The van der Waals surface area contributed by atoms with Gasteiger partial charge in [-0.05, 0) is 49.7 Å². The van der Waals surface area contributed by atoms with E-state index >= 15 is 0 Å². The van der Waals surface area contributed by atoms with Gasteiger partial charge in [0.15, 0.2) is 6.29 Å². The molecule has 0 bridgehead atoms. The highest BCUT2D eigenvalue weighted by Crippen LogP contribution is 2.37. The maximum atomic E-state index is 13.3. The van der Waals surface area contributed by atoms with Crippen molar-refractivity contribution in [2.75, 3.05) is 6.61 Å². The number of nitrogens with one attached hydrogen (secondary N) is 1. The number of benzene rings is 1. The molecule has 10 heteroatoms. The van der Waals surface area contributed by atoms with E-state index in [0.29, 0.717) is 17.8 Å². The van der Waals surface area contributed by atoms with Crippen molar-refractivity contribution in [2.24, 2.45) is 17.8 Å². The lowest BCUT2D eigenvalue weighted by Gasteiger charge is -2.44. The molecule has 0 spiro atoms. The molecule has 1 saturated heterocycles. The Balaban J connectivity index is 1.89. The topological polar surface area (TPSA) is 117 Å². The van der Waals surface area contributed by atoms with Crippen LogP contribution in [0.4, 0.5) is 0 Å². The average Bonchev–Trinajstić information content (AvgIpc) is 2.79. The SMILES string of the molecule is CC(=O)OC[C@H]1O[C@H](O[C@@H]2C[C@H](C)CC[C@H]2C(C)C)C[C@H](NS(=O)(=O)c2ccc(C)cc2)[C@@H]1OC(C)=O. The van der Waals surface area contributed by atoms with E-state index in [1.807, 2.05) is 6.92 Å². The molecule has 2 fully saturated rings. The van der Waals surface area contributed by atoms with Crippen molar-refractivity contribution in [2.45, 2.75) is 103 Å². The molecular formula is C27H41NO8S. The third-order valence-corrected chi connectivity index (χ3v) is 8.72. The molecule has 0 aromatic heterocycles. The molecule has 1 aliphatic carbocycles. The summed E-state index contributed by atoms with van der Waals surface area (Å²) in [6.45, 7) is 10.7. The van der Waals surface area contributed by atoms with Gasteiger partial charge in [0.25, 0.3) is 0 Å². The predicted octanol–water partition coefficient (Wildman–Crippen LogP) is 3.73. The van der Waals surface area contributed by atoms with Crippen LogP contribution in [0, 0.1) is 24.7 Å². The number of carbonyl (C=O) groups excluding carboxylic acids is 2. The van der Waals surface area contributed by atoms with Crippen LogP contribution in [0.25, 0.3) is 0 Å². The molecule has 7 atom stereocenters. The minimum atomic E-state index is -3.95. The second-order valence-electron chi connectivity index (χ2n) is 10.8. The average molecular weight is 540 g/mol. The Hall–Kier alpha value is -2.01. The van der Waals surface area contributed by atoms with Gasteiger partial charge in [-0.3, -0.25) is 9.59 Å². The van der Waals surface area contributed by atoms with Crippen LogP contribution in [0.5, 0.6) is 0 Å². The van der Waals surface area contributed by atoms with Crippen LogP contribution >= 0.6 is 0 Å². The van der Waals surface area contributed by atoms with E-state index < -0.39 is 46.5 Å². The first-order valence-corrected chi connectivity index (χ1v) is 14.5. The van der Waals surface area contributed by atoms with Gasteiger partial charge >= 0.3 is 11.9 Å². The molecule has 1 aromatic carbocycles. The van der Waals surface area contributed by atoms with Crippen molar-refractivity contribution in [3.05, 3.63) is 29.8 Å². The van der Waals surface area contributed by atoms with Crippen molar-refractivity contribution >= 4 is 22.0 Å². The maximum Gasteiger partial charge on any atom is 0.303 e. The van der Waals surface area contributed by atoms with E-state index in [1.54, 1.807) is 12.1 Å². The van der Waals surface area contributed by atoms with Crippen molar-refractivity contribution in [1.82, 2.24) is 4.72 Å². The first-order valence-electron chi connectivity index (χ1n) is 13.1. The zero-order valence-electron chi connectivity index (χ0n) is 22.6. The second kappa shape index (κ2) is 12.7. The van der Waals surface area contributed by atoms with Gasteiger partial charge in [-0.1, -0.05) is 44.9 Å². The number of hydrogen-bond acceptors (Lipinski definition) is 8. The van der Waals surface area contributed by atoms with E-state index in [9.17, 15) is 18.0 Å². The number of aryl methyl sites for hydroxylation is 1. The summed E-state index contributed by atoms with van der Waals surface area (Å²) in [6.07, 6.45) is 0.458. The molecule has 1 N–H and O–H groups in total. The summed E-state index contributed by atoms with van der Waals surface area (Å²) in [5.74, 6) is 0.153. The van der Waals surface area contributed by atoms with Crippen LogP contribution in [-0.4, -0.2) is 57.6 Å². The fraction of sp³-hybridized carbons (Fsp3) is 0.704. The largest absolute Gasteiger partial charge is 0.463 e. The van der Waals surface area contributed by atoms with Crippen LogP contribution in [0.15, 0.2) is 29.2 Å². The fourth-order valence-corrected chi connectivity index (χ4v) is 6.52. The van der Waals surface area contributed by atoms with Gasteiger partial charge in [0.05, 0.1) is 17.0 Å². The summed E-state index contributed by atoms with van der Waals surface area (Å²) < 4.78 is 52.7. The standard InChI is InChI=1S/C27H41NO8S/c1-16(2)22-12-9-18(4)13-24(22)35-26-14-23(28-37(31,32)21-10-7-17(3)8-11-21)27(34-20(6)30)25(36-26)15-33-19(5)29/h7-8,10-11,16,18,22-28H,9,12-15H2,1-6H3/t18-,22+,23+,24-,25-,26+,27+/m1/s1. The van der Waals surface area contributed by atoms with E-state index in [1.165, 1.54) is 26.0 Å². The van der Waals surface area contributed by atoms with Crippen LogP contribution < -0.4 is 4.72 Å². The van der Waals surface area contributed by atoms with Gasteiger partial charge in [0.1, 0.15) is 18.8 Å². The van der Waals surface area contributed by atoms with Crippen molar-refractivity contribution in [1.29, 1.82) is 0 Å². The van der Waals surface area contributed by atoms with Gasteiger partial charge in [0.2, 0.25) is 10.0 Å². The van der Waals surface area contributed by atoms with Gasteiger partial charge in [-0.2, -0.15) is 0 Å². The molecule has 2 aliphatic rings.